The van der Waals surface area contributed by atoms with Gasteiger partial charge in [-0.15, -0.1) is 0 Å². The number of aliphatic hydroxyl groups excluding tert-OH is 2. The second-order valence-corrected chi connectivity index (χ2v) is 10.6. The summed E-state index contributed by atoms with van der Waals surface area (Å²) in [5.74, 6) is -1.20. The minimum atomic E-state index is -3.95. The molecule has 0 unspecified atom stereocenters. The summed E-state index contributed by atoms with van der Waals surface area (Å²) in [5.41, 5.74) is -0.243. The summed E-state index contributed by atoms with van der Waals surface area (Å²) in [6, 6.07) is 7.04. The first-order valence-electron chi connectivity index (χ1n) is 9.71. The van der Waals surface area contributed by atoms with Gasteiger partial charge in [-0.3, -0.25) is 9.59 Å². The molecule has 0 spiro atoms. The monoisotopic (exact) mass is 482 g/mol. The summed E-state index contributed by atoms with van der Waals surface area (Å²) in [6.07, 6.45) is 0.435. The lowest BCUT2D eigenvalue weighted by atomic mass is 9.84. The molecule has 0 saturated heterocycles. The molecule has 1 aliphatic rings. The van der Waals surface area contributed by atoms with Crippen LogP contribution >= 0.6 is 0 Å². The van der Waals surface area contributed by atoms with E-state index in [1.807, 2.05) is 0 Å². The molecule has 0 bridgehead atoms. The fourth-order valence-corrected chi connectivity index (χ4v) is 5.38. The van der Waals surface area contributed by atoms with Crippen molar-refractivity contribution in [2.75, 3.05) is 26.3 Å². The number of nitrogens with one attached hydrogen (secondary N) is 2. The minimum absolute atomic E-state index is 0.00915. The standard InChI is InChI=1S/C20H22N2O8S2/c23-9-1-7-21-31(27,28)13-3-5-15-17(11-13)19(25)16-6-4-14(12-18(16)20(15)26)32(29,30)22-8-2-10-24/h3-6,11-12,21-24H,1-2,7-10H2. The van der Waals surface area contributed by atoms with Crippen molar-refractivity contribution >= 4 is 31.6 Å². The molecule has 1 aliphatic carbocycles. The SMILES string of the molecule is O=C1c2ccc(S(=O)(=O)NCCCO)cc2C(=O)c2ccc(S(=O)(=O)NCCCO)cc21. The van der Waals surface area contributed by atoms with Crippen molar-refractivity contribution in [2.45, 2.75) is 22.6 Å². The van der Waals surface area contributed by atoms with Gasteiger partial charge in [-0.1, -0.05) is 0 Å². The molecule has 0 saturated carbocycles. The molecule has 0 aromatic heterocycles. The molecule has 4 N–H and O–H groups in total. The lowest BCUT2D eigenvalue weighted by molar-refractivity contribution is 0.0978. The van der Waals surface area contributed by atoms with E-state index in [2.05, 4.69) is 9.44 Å². The van der Waals surface area contributed by atoms with Crippen molar-refractivity contribution in [2.24, 2.45) is 0 Å². The molecule has 2 aromatic rings. The molecule has 0 aliphatic heterocycles. The highest BCUT2D eigenvalue weighted by Gasteiger charge is 2.32. The van der Waals surface area contributed by atoms with Crippen LogP contribution in [-0.2, 0) is 20.0 Å². The number of hydrogen-bond acceptors (Lipinski definition) is 8. The molecule has 0 amide bonds. The van der Waals surface area contributed by atoms with Crippen molar-refractivity contribution in [3.63, 3.8) is 0 Å². The van der Waals surface area contributed by atoms with Gasteiger partial charge in [0.15, 0.2) is 11.6 Å². The Hall–Kier alpha value is -2.48. The lowest BCUT2D eigenvalue weighted by Gasteiger charge is -2.19. The van der Waals surface area contributed by atoms with Gasteiger partial charge in [0.1, 0.15) is 0 Å². The molecule has 0 fully saturated rings. The third-order valence-corrected chi connectivity index (χ3v) is 7.75. The summed E-state index contributed by atoms with van der Waals surface area (Å²) in [7, 11) is -7.90. The maximum absolute atomic E-state index is 13.0. The molecule has 0 radical (unpaired) electrons. The number of rotatable bonds is 10. The van der Waals surface area contributed by atoms with Crippen LogP contribution in [0.3, 0.4) is 0 Å². The van der Waals surface area contributed by atoms with Gasteiger partial charge in [0, 0.05) is 48.6 Å². The Balaban J connectivity index is 1.96. The predicted octanol–water partition coefficient (Wildman–Crippen LogP) is -0.217. The first-order chi connectivity index (χ1) is 15.1. The van der Waals surface area contributed by atoms with Crippen LogP contribution in [0.25, 0.3) is 0 Å². The first-order valence-corrected chi connectivity index (χ1v) is 12.7. The van der Waals surface area contributed by atoms with E-state index in [0.29, 0.717) is 0 Å². The van der Waals surface area contributed by atoms with Crippen LogP contribution in [0, 0.1) is 0 Å². The van der Waals surface area contributed by atoms with E-state index in [-0.39, 0.29) is 71.2 Å². The summed E-state index contributed by atoms with van der Waals surface area (Å²) >= 11 is 0. The smallest absolute Gasteiger partial charge is 0.240 e. The van der Waals surface area contributed by atoms with Crippen LogP contribution in [0.2, 0.25) is 0 Å². The molecule has 3 rings (SSSR count). The Kier molecular flexibility index (Phi) is 7.22. The zero-order chi connectivity index (χ0) is 23.5. The van der Waals surface area contributed by atoms with Crippen LogP contribution < -0.4 is 9.44 Å². The van der Waals surface area contributed by atoms with Crippen LogP contribution in [0.1, 0.15) is 44.7 Å². The number of benzene rings is 2. The van der Waals surface area contributed by atoms with E-state index in [1.165, 1.54) is 24.3 Å². The van der Waals surface area contributed by atoms with Gasteiger partial charge in [0.2, 0.25) is 20.0 Å². The van der Waals surface area contributed by atoms with Crippen LogP contribution in [0.5, 0.6) is 0 Å². The molecule has 2 aromatic carbocycles. The molecule has 172 valence electrons. The maximum atomic E-state index is 13.0. The molecule has 0 atom stereocenters. The lowest BCUT2D eigenvalue weighted by Crippen LogP contribution is -2.28. The van der Waals surface area contributed by atoms with Gasteiger partial charge in [0.25, 0.3) is 0 Å². The zero-order valence-corrected chi connectivity index (χ0v) is 18.5. The van der Waals surface area contributed by atoms with Gasteiger partial charge in [-0.2, -0.15) is 0 Å². The van der Waals surface area contributed by atoms with E-state index in [1.54, 1.807) is 0 Å². The van der Waals surface area contributed by atoms with Crippen molar-refractivity contribution < 1.29 is 36.6 Å². The number of carbonyl (C=O) groups is 2. The zero-order valence-electron chi connectivity index (χ0n) is 16.9. The molecular formula is C20H22N2O8S2. The Morgan fingerprint density at radius 2 is 1.00 bits per heavy atom. The summed E-state index contributed by atoms with van der Waals surface area (Å²) in [4.78, 5) is 25.5. The van der Waals surface area contributed by atoms with Gasteiger partial charge < -0.3 is 10.2 Å². The molecule has 12 heteroatoms. The average molecular weight is 483 g/mol. The fourth-order valence-electron chi connectivity index (χ4n) is 3.18. The summed E-state index contributed by atoms with van der Waals surface area (Å²) < 4.78 is 54.2. The number of hydrogen-bond donors (Lipinski definition) is 4. The normalized spacial score (nSPS) is 13.7. The fraction of sp³-hybridized carbons (Fsp3) is 0.300. The Bertz CT molecular complexity index is 1170. The molecule has 10 nitrogen and oxygen atoms in total. The second-order valence-electron chi connectivity index (χ2n) is 7.02. The van der Waals surface area contributed by atoms with Gasteiger partial charge in [0.05, 0.1) is 9.79 Å². The Morgan fingerprint density at radius 3 is 1.34 bits per heavy atom. The van der Waals surface area contributed by atoms with E-state index >= 15 is 0 Å². The Morgan fingerprint density at radius 1 is 0.625 bits per heavy atom. The average Bonchev–Trinajstić information content (AvgIpc) is 2.77. The quantitative estimate of drug-likeness (QED) is 0.288. The van der Waals surface area contributed by atoms with Gasteiger partial charge in [-0.25, -0.2) is 26.3 Å². The highest BCUT2D eigenvalue weighted by Crippen LogP contribution is 2.30. The molecule has 32 heavy (non-hydrogen) atoms. The number of ketones is 2. The van der Waals surface area contributed by atoms with E-state index in [9.17, 15) is 26.4 Å². The molecular weight excluding hydrogens is 460 g/mol. The third kappa shape index (κ3) is 4.80. The topological polar surface area (TPSA) is 167 Å². The van der Waals surface area contributed by atoms with Crippen LogP contribution in [-0.4, -0.2) is 64.9 Å². The minimum Gasteiger partial charge on any atom is -0.396 e. The molecule has 0 heterocycles. The largest absolute Gasteiger partial charge is 0.396 e. The summed E-state index contributed by atoms with van der Waals surface area (Å²) in [5, 5.41) is 17.6. The predicted molar refractivity (Wildman–Crippen MR) is 114 cm³/mol. The number of fused-ring (bicyclic) bond motifs is 2. The van der Waals surface area contributed by atoms with Crippen molar-refractivity contribution in [1.82, 2.24) is 9.44 Å². The number of aliphatic hydroxyl groups is 2. The van der Waals surface area contributed by atoms with Crippen molar-refractivity contribution in [3.8, 4) is 0 Å². The maximum Gasteiger partial charge on any atom is 0.240 e. The Labute approximate surface area is 185 Å². The van der Waals surface area contributed by atoms with E-state index < -0.39 is 31.6 Å². The highest BCUT2D eigenvalue weighted by atomic mass is 32.2. The van der Waals surface area contributed by atoms with Crippen LogP contribution in [0.15, 0.2) is 46.2 Å². The third-order valence-electron chi connectivity index (χ3n) is 4.84. The number of carbonyl (C=O) groups excluding carboxylic acids is 2. The second kappa shape index (κ2) is 9.57. The van der Waals surface area contributed by atoms with E-state index in [0.717, 1.165) is 12.1 Å². The summed E-state index contributed by atoms with van der Waals surface area (Å²) in [6.45, 7) is -0.360. The van der Waals surface area contributed by atoms with E-state index in [4.69, 9.17) is 10.2 Å². The van der Waals surface area contributed by atoms with Gasteiger partial charge in [-0.05, 0) is 49.2 Å². The van der Waals surface area contributed by atoms with Crippen molar-refractivity contribution in [1.29, 1.82) is 0 Å². The van der Waals surface area contributed by atoms with Crippen LogP contribution in [0.4, 0.5) is 0 Å². The first kappa shape index (κ1) is 24.2. The number of sulfonamides is 2. The highest BCUT2D eigenvalue weighted by molar-refractivity contribution is 7.89. The van der Waals surface area contributed by atoms with Crippen molar-refractivity contribution in [3.05, 3.63) is 58.7 Å². The van der Waals surface area contributed by atoms with Gasteiger partial charge >= 0.3 is 0 Å².